The highest BCUT2D eigenvalue weighted by molar-refractivity contribution is 6.30. The monoisotopic (exact) mass is 266 g/mol. The van der Waals surface area contributed by atoms with Crippen LogP contribution in [0.1, 0.15) is 32.8 Å². The quantitative estimate of drug-likeness (QED) is 0.908. The van der Waals surface area contributed by atoms with Gasteiger partial charge in [0.15, 0.2) is 0 Å². The Balaban J connectivity index is 2.27. The van der Waals surface area contributed by atoms with Crippen molar-refractivity contribution < 1.29 is 0 Å². The number of anilines is 1. The molecule has 0 radical (unpaired) electrons. The number of hydrogen-bond donors (Lipinski definition) is 1. The van der Waals surface area contributed by atoms with Crippen LogP contribution in [0, 0.1) is 5.41 Å². The SMILES string of the molecule is CC(N)Cc1cc(Cl)ccc1N1CCC(C)(C)C1. The van der Waals surface area contributed by atoms with E-state index in [-0.39, 0.29) is 6.04 Å². The second-order valence-corrected chi connectivity index (χ2v) is 6.73. The maximum absolute atomic E-state index is 6.10. The summed E-state index contributed by atoms with van der Waals surface area (Å²) in [5.41, 5.74) is 8.92. The number of hydrogen-bond acceptors (Lipinski definition) is 2. The van der Waals surface area contributed by atoms with Crippen LogP contribution in [0.3, 0.4) is 0 Å². The Kier molecular flexibility index (Phi) is 3.88. The van der Waals surface area contributed by atoms with Crippen LogP contribution in [0.4, 0.5) is 5.69 Å². The zero-order valence-corrected chi connectivity index (χ0v) is 12.3. The molecule has 1 unspecified atom stereocenters. The van der Waals surface area contributed by atoms with E-state index in [1.165, 1.54) is 17.7 Å². The molecule has 1 aromatic carbocycles. The summed E-state index contributed by atoms with van der Waals surface area (Å²) in [7, 11) is 0. The molecule has 2 N–H and O–H groups in total. The predicted molar refractivity (Wildman–Crippen MR) is 79.4 cm³/mol. The van der Waals surface area contributed by atoms with Crippen LogP contribution >= 0.6 is 11.6 Å². The zero-order chi connectivity index (χ0) is 13.3. The third kappa shape index (κ3) is 3.18. The molecule has 1 fully saturated rings. The molecule has 0 amide bonds. The highest BCUT2D eigenvalue weighted by Gasteiger charge is 2.30. The minimum atomic E-state index is 0.165. The van der Waals surface area contributed by atoms with Crippen LogP contribution in [0.5, 0.6) is 0 Å². The second kappa shape index (κ2) is 5.10. The van der Waals surface area contributed by atoms with Crippen molar-refractivity contribution in [1.29, 1.82) is 0 Å². The van der Waals surface area contributed by atoms with E-state index in [0.29, 0.717) is 5.41 Å². The third-order valence-electron chi connectivity index (χ3n) is 3.60. The van der Waals surface area contributed by atoms with Crippen LogP contribution in [0.2, 0.25) is 5.02 Å². The van der Waals surface area contributed by atoms with Crippen molar-refractivity contribution >= 4 is 17.3 Å². The largest absolute Gasteiger partial charge is 0.371 e. The fraction of sp³-hybridized carbons (Fsp3) is 0.600. The van der Waals surface area contributed by atoms with Crippen LogP contribution in [-0.4, -0.2) is 19.1 Å². The summed E-state index contributed by atoms with van der Waals surface area (Å²) in [5, 5.41) is 0.799. The first kappa shape index (κ1) is 13.7. The molecule has 2 rings (SSSR count). The minimum absolute atomic E-state index is 0.165. The lowest BCUT2D eigenvalue weighted by atomic mass is 9.93. The minimum Gasteiger partial charge on any atom is -0.371 e. The molecular formula is C15H23ClN2. The van der Waals surface area contributed by atoms with Gasteiger partial charge >= 0.3 is 0 Å². The molecule has 1 atom stereocenters. The van der Waals surface area contributed by atoms with Crippen molar-refractivity contribution in [3.63, 3.8) is 0 Å². The molecule has 1 aliphatic rings. The fourth-order valence-corrected chi connectivity index (χ4v) is 2.89. The summed E-state index contributed by atoms with van der Waals surface area (Å²) < 4.78 is 0. The first-order valence-electron chi connectivity index (χ1n) is 6.66. The van der Waals surface area contributed by atoms with Crippen LogP contribution in [0.15, 0.2) is 18.2 Å². The first-order valence-corrected chi connectivity index (χ1v) is 7.04. The first-order chi connectivity index (χ1) is 8.37. The molecule has 0 aliphatic carbocycles. The smallest absolute Gasteiger partial charge is 0.0410 e. The molecule has 2 nitrogen and oxygen atoms in total. The third-order valence-corrected chi connectivity index (χ3v) is 3.84. The molecule has 1 saturated heterocycles. The van der Waals surface area contributed by atoms with Gasteiger partial charge in [-0.1, -0.05) is 25.4 Å². The molecule has 18 heavy (non-hydrogen) atoms. The van der Waals surface area contributed by atoms with E-state index in [1.807, 2.05) is 13.0 Å². The van der Waals surface area contributed by atoms with Gasteiger partial charge in [0.2, 0.25) is 0 Å². The average Bonchev–Trinajstić information content (AvgIpc) is 2.58. The topological polar surface area (TPSA) is 29.3 Å². The maximum atomic E-state index is 6.10. The van der Waals surface area contributed by atoms with Gasteiger partial charge in [0.1, 0.15) is 0 Å². The van der Waals surface area contributed by atoms with Crippen molar-refractivity contribution in [2.24, 2.45) is 11.1 Å². The molecule has 0 aromatic heterocycles. The van der Waals surface area contributed by atoms with E-state index in [0.717, 1.165) is 24.5 Å². The summed E-state index contributed by atoms with van der Waals surface area (Å²) in [4.78, 5) is 2.47. The van der Waals surface area contributed by atoms with E-state index in [2.05, 4.69) is 30.9 Å². The average molecular weight is 267 g/mol. The maximum Gasteiger partial charge on any atom is 0.0410 e. The molecule has 0 saturated carbocycles. The van der Waals surface area contributed by atoms with Gasteiger partial charge in [-0.3, -0.25) is 0 Å². The Morgan fingerprint density at radius 2 is 2.17 bits per heavy atom. The van der Waals surface area contributed by atoms with Crippen LogP contribution in [-0.2, 0) is 6.42 Å². The lowest BCUT2D eigenvalue weighted by molar-refractivity contribution is 0.418. The van der Waals surface area contributed by atoms with Crippen molar-refractivity contribution in [1.82, 2.24) is 0 Å². The Morgan fingerprint density at radius 3 is 2.72 bits per heavy atom. The van der Waals surface area contributed by atoms with Gasteiger partial charge in [0, 0.05) is 29.8 Å². The zero-order valence-electron chi connectivity index (χ0n) is 11.5. The number of rotatable bonds is 3. The van der Waals surface area contributed by atoms with Crippen molar-refractivity contribution in [2.75, 3.05) is 18.0 Å². The van der Waals surface area contributed by atoms with Gasteiger partial charge in [-0.2, -0.15) is 0 Å². The van der Waals surface area contributed by atoms with Gasteiger partial charge in [0.05, 0.1) is 0 Å². The number of halogens is 1. The van der Waals surface area contributed by atoms with E-state index in [4.69, 9.17) is 17.3 Å². The van der Waals surface area contributed by atoms with Gasteiger partial charge in [-0.15, -0.1) is 0 Å². The van der Waals surface area contributed by atoms with Gasteiger partial charge < -0.3 is 10.6 Å². The Bertz CT molecular complexity index is 427. The van der Waals surface area contributed by atoms with Crippen LogP contribution in [0.25, 0.3) is 0 Å². The number of benzene rings is 1. The molecule has 100 valence electrons. The van der Waals surface area contributed by atoms with Crippen molar-refractivity contribution in [3.8, 4) is 0 Å². The van der Waals surface area contributed by atoms with Crippen molar-refractivity contribution in [3.05, 3.63) is 28.8 Å². The van der Waals surface area contributed by atoms with E-state index < -0.39 is 0 Å². The molecular weight excluding hydrogens is 244 g/mol. The molecule has 1 aromatic rings. The molecule has 0 bridgehead atoms. The summed E-state index contributed by atoms with van der Waals surface area (Å²) in [6.45, 7) is 8.93. The van der Waals surface area contributed by atoms with E-state index in [1.54, 1.807) is 0 Å². The predicted octanol–water partition coefficient (Wildman–Crippen LogP) is 3.47. The van der Waals surface area contributed by atoms with E-state index >= 15 is 0 Å². The van der Waals surface area contributed by atoms with Gasteiger partial charge in [-0.25, -0.2) is 0 Å². The molecule has 1 heterocycles. The standard InChI is InChI=1S/C15H23ClN2/c1-11(17)8-12-9-13(16)4-5-14(12)18-7-6-15(2,3)10-18/h4-5,9,11H,6-8,10,17H2,1-3H3. The Morgan fingerprint density at radius 1 is 1.44 bits per heavy atom. The number of nitrogens with zero attached hydrogens (tertiary/aromatic N) is 1. The fourth-order valence-electron chi connectivity index (χ4n) is 2.69. The summed E-state index contributed by atoms with van der Waals surface area (Å²) in [5.74, 6) is 0. The highest BCUT2D eigenvalue weighted by atomic mass is 35.5. The number of nitrogens with two attached hydrogens (primary N) is 1. The van der Waals surface area contributed by atoms with Crippen molar-refractivity contribution in [2.45, 2.75) is 39.7 Å². The van der Waals surface area contributed by atoms with Crippen LogP contribution < -0.4 is 10.6 Å². The second-order valence-electron chi connectivity index (χ2n) is 6.29. The lowest BCUT2D eigenvalue weighted by Crippen LogP contribution is -2.25. The summed E-state index contributed by atoms with van der Waals surface area (Å²) in [6.07, 6.45) is 2.13. The van der Waals surface area contributed by atoms with E-state index in [9.17, 15) is 0 Å². The molecule has 3 heteroatoms. The molecule has 1 aliphatic heterocycles. The van der Waals surface area contributed by atoms with Gasteiger partial charge in [0.25, 0.3) is 0 Å². The summed E-state index contributed by atoms with van der Waals surface area (Å²) in [6, 6.07) is 6.35. The summed E-state index contributed by atoms with van der Waals surface area (Å²) >= 11 is 6.10. The highest BCUT2D eigenvalue weighted by Crippen LogP contribution is 2.35. The Labute approximate surface area is 115 Å². The normalized spacial score (nSPS) is 20.2. The lowest BCUT2D eigenvalue weighted by Gasteiger charge is -2.25. The van der Waals surface area contributed by atoms with Gasteiger partial charge in [-0.05, 0) is 48.9 Å². The molecule has 0 spiro atoms. The Hall–Kier alpha value is -0.730.